The van der Waals surface area contributed by atoms with E-state index in [9.17, 15) is 24.0 Å². The molecular weight excluding hydrogens is 578 g/mol. The van der Waals surface area contributed by atoms with Crippen LogP contribution in [0.5, 0.6) is 11.5 Å². The molecule has 43 heavy (non-hydrogen) atoms. The zero-order chi connectivity index (χ0) is 31.3. The van der Waals surface area contributed by atoms with Crippen molar-refractivity contribution in [3.8, 4) is 11.5 Å². The highest BCUT2D eigenvalue weighted by Crippen LogP contribution is 2.38. The van der Waals surface area contributed by atoms with E-state index in [0.717, 1.165) is 16.0 Å². The topological polar surface area (TPSA) is 140 Å². The summed E-state index contributed by atoms with van der Waals surface area (Å²) < 4.78 is 16.1. The van der Waals surface area contributed by atoms with Gasteiger partial charge in [0.15, 0.2) is 18.1 Å². The Morgan fingerprint density at radius 1 is 1.02 bits per heavy atom. The van der Waals surface area contributed by atoms with Crippen LogP contribution in [0, 0.1) is 13.8 Å². The molecule has 1 saturated heterocycles. The summed E-state index contributed by atoms with van der Waals surface area (Å²) in [7, 11) is 1.23. The van der Waals surface area contributed by atoms with E-state index >= 15 is 0 Å². The average Bonchev–Trinajstić information content (AvgIpc) is 2.97. The van der Waals surface area contributed by atoms with Crippen molar-refractivity contribution in [3.63, 3.8) is 0 Å². The van der Waals surface area contributed by atoms with Crippen LogP contribution in [-0.4, -0.2) is 50.0 Å². The van der Waals surface area contributed by atoms with Gasteiger partial charge in [-0.25, -0.2) is 14.5 Å². The number of amides is 5. The van der Waals surface area contributed by atoms with Gasteiger partial charge in [0.1, 0.15) is 5.57 Å². The lowest BCUT2D eigenvalue weighted by molar-refractivity contribution is -0.122. The van der Waals surface area contributed by atoms with Gasteiger partial charge in [0.25, 0.3) is 17.7 Å². The summed E-state index contributed by atoms with van der Waals surface area (Å²) in [6, 6.07) is 13.1. The summed E-state index contributed by atoms with van der Waals surface area (Å²) in [5.41, 5.74) is 2.91. The van der Waals surface area contributed by atoms with Gasteiger partial charge >= 0.3 is 12.0 Å². The number of imide groups is 2. The Morgan fingerprint density at radius 3 is 2.42 bits per heavy atom. The first-order valence-corrected chi connectivity index (χ1v) is 13.5. The number of methoxy groups -OCH3 is 1. The number of ether oxygens (including phenoxy) is 3. The number of halogens is 1. The maximum Gasteiger partial charge on any atom is 0.337 e. The van der Waals surface area contributed by atoms with Gasteiger partial charge in [0.2, 0.25) is 0 Å². The fourth-order valence-corrected chi connectivity index (χ4v) is 4.48. The van der Waals surface area contributed by atoms with E-state index in [-0.39, 0.29) is 46.6 Å². The number of hydrogen-bond acceptors (Lipinski definition) is 8. The molecular formula is C31H28ClN3O8. The van der Waals surface area contributed by atoms with Crippen molar-refractivity contribution in [2.75, 3.05) is 30.5 Å². The Hall–Kier alpha value is -5.16. The van der Waals surface area contributed by atoms with Crippen molar-refractivity contribution in [1.29, 1.82) is 0 Å². The summed E-state index contributed by atoms with van der Waals surface area (Å²) >= 11 is 6.50. The maximum absolute atomic E-state index is 13.3. The molecule has 0 atom stereocenters. The SMILES string of the molecule is CCOc1cc(/C=C2/C(=O)NC(=O)N(c3ccc(C(=O)OC)cc3)C2=O)cc(Cl)c1OCC(=O)Nc1cccc(C)c1C. The predicted molar refractivity (Wildman–Crippen MR) is 159 cm³/mol. The summed E-state index contributed by atoms with van der Waals surface area (Å²) in [4.78, 5) is 63.7. The predicted octanol–water partition coefficient (Wildman–Crippen LogP) is 4.83. The lowest BCUT2D eigenvalue weighted by Crippen LogP contribution is -2.54. The van der Waals surface area contributed by atoms with E-state index in [1.165, 1.54) is 49.6 Å². The molecule has 0 aliphatic carbocycles. The molecule has 3 aromatic rings. The number of esters is 1. The van der Waals surface area contributed by atoms with Gasteiger partial charge in [-0.2, -0.15) is 0 Å². The number of rotatable bonds is 9. The van der Waals surface area contributed by atoms with E-state index in [4.69, 9.17) is 21.1 Å². The van der Waals surface area contributed by atoms with Crippen molar-refractivity contribution in [2.45, 2.75) is 20.8 Å². The molecule has 1 aliphatic rings. The van der Waals surface area contributed by atoms with Gasteiger partial charge in [-0.15, -0.1) is 0 Å². The van der Waals surface area contributed by atoms with Crippen LogP contribution >= 0.6 is 11.6 Å². The minimum absolute atomic E-state index is 0.0623. The number of anilines is 2. The molecule has 0 saturated carbocycles. The molecule has 2 N–H and O–H groups in total. The Bertz CT molecular complexity index is 1650. The average molecular weight is 606 g/mol. The van der Waals surface area contributed by atoms with Crippen LogP contribution in [0.3, 0.4) is 0 Å². The molecule has 0 aromatic heterocycles. The number of hydrogen-bond donors (Lipinski definition) is 2. The van der Waals surface area contributed by atoms with Crippen LogP contribution in [0.25, 0.3) is 6.08 Å². The molecule has 1 fully saturated rings. The fourth-order valence-electron chi connectivity index (χ4n) is 4.21. The molecule has 1 heterocycles. The summed E-state index contributed by atoms with van der Waals surface area (Å²) in [6.07, 6.45) is 1.26. The highest BCUT2D eigenvalue weighted by molar-refractivity contribution is 6.39. The largest absolute Gasteiger partial charge is 0.490 e. The molecule has 5 amide bonds. The Labute approximate surface area is 252 Å². The third kappa shape index (κ3) is 6.84. The zero-order valence-corrected chi connectivity index (χ0v) is 24.5. The standard InChI is InChI=1S/C31H28ClN3O8/c1-5-42-25-15-19(14-23(32)27(25)43-16-26(36)33-24-8-6-7-17(2)18(24)3)13-22-28(37)34-31(40)35(29(22)38)21-11-9-20(10-12-21)30(39)41-4/h6-15H,5,16H2,1-4H3,(H,33,36)(H,34,37,40)/b22-13-. The third-order valence-electron chi connectivity index (χ3n) is 6.52. The van der Waals surface area contributed by atoms with Crippen molar-refractivity contribution in [1.82, 2.24) is 5.32 Å². The van der Waals surface area contributed by atoms with Gasteiger partial charge in [0, 0.05) is 5.69 Å². The molecule has 0 unspecified atom stereocenters. The number of barbiturate groups is 1. The zero-order valence-electron chi connectivity index (χ0n) is 23.8. The van der Waals surface area contributed by atoms with Crippen molar-refractivity contribution in [3.05, 3.63) is 87.4 Å². The lowest BCUT2D eigenvalue weighted by atomic mass is 10.1. The van der Waals surface area contributed by atoms with Crippen LogP contribution in [0.1, 0.15) is 34.0 Å². The van der Waals surface area contributed by atoms with Gasteiger partial charge in [0.05, 0.1) is 30.0 Å². The number of aryl methyl sites for hydroxylation is 1. The number of nitrogens with zero attached hydrogens (tertiary/aromatic N) is 1. The highest BCUT2D eigenvalue weighted by Gasteiger charge is 2.37. The molecule has 0 spiro atoms. The van der Waals surface area contributed by atoms with Crippen LogP contribution in [0.2, 0.25) is 5.02 Å². The van der Waals surface area contributed by atoms with Crippen molar-refractivity contribution < 1.29 is 38.2 Å². The molecule has 4 rings (SSSR count). The molecule has 222 valence electrons. The minimum Gasteiger partial charge on any atom is -0.490 e. The second-order valence-corrected chi connectivity index (χ2v) is 9.75. The number of carbonyl (C=O) groups is 5. The van der Waals surface area contributed by atoms with Gasteiger partial charge < -0.3 is 19.5 Å². The van der Waals surface area contributed by atoms with E-state index < -0.39 is 29.7 Å². The van der Waals surface area contributed by atoms with E-state index in [0.29, 0.717) is 11.3 Å². The van der Waals surface area contributed by atoms with Crippen molar-refractivity contribution >= 4 is 58.8 Å². The summed E-state index contributed by atoms with van der Waals surface area (Å²) in [5, 5.41) is 5.01. The highest BCUT2D eigenvalue weighted by atomic mass is 35.5. The first-order valence-electron chi connectivity index (χ1n) is 13.1. The number of benzene rings is 3. The second-order valence-electron chi connectivity index (χ2n) is 9.34. The van der Waals surface area contributed by atoms with Crippen LogP contribution in [-0.2, 0) is 19.1 Å². The first kappa shape index (κ1) is 30.8. The van der Waals surface area contributed by atoms with Crippen LogP contribution in [0.4, 0.5) is 16.2 Å². The third-order valence-corrected chi connectivity index (χ3v) is 6.80. The monoisotopic (exact) mass is 605 g/mol. The summed E-state index contributed by atoms with van der Waals surface area (Å²) in [5.74, 6) is -2.52. The van der Waals surface area contributed by atoms with Crippen molar-refractivity contribution in [2.24, 2.45) is 0 Å². The Balaban J connectivity index is 1.58. The van der Waals surface area contributed by atoms with Crippen LogP contribution in [0.15, 0.2) is 60.2 Å². The first-order chi connectivity index (χ1) is 20.5. The molecule has 0 radical (unpaired) electrons. The van der Waals surface area contributed by atoms with E-state index in [2.05, 4.69) is 15.4 Å². The summed E-state index contributed by atoms with van der Waals surface area (Å²) in [6.45, 7) is 5.44. The van der Waals surface area contributed by atoms with Gasteiger partial charge in [-0.05, 0) is 86.0 Å². The number of urea groups is 1. The number of carbonyl (C=O) groups excluding carboxylic acids is 5. The normalized spacial score (nSPS) is 13.9. The molecule has 11 nitrogen and oxygen atoms in total. The molecule has 0 bridgehead atoms. The Kier molecular flexibility index (Phi) is 9.46. The quantitative estimate of drug-likeness (QED) is 0.201. The lowest BCUT2D eigenvalue weighted by Gasteiger charge is -2.26. The Morgan fingerprint density at radius 2 is 1.74 bits per heavy atom. The van der Waals surface area contributed by atoms with E-state index in [1.54, 1.807) is 13.0 Å². The second kappa shape index (κ2) is 13.2. The fraction of sp³-hybridized carbons (Fsp3) is 0.194. The molecule has 3 aromatic carbocycles. The smallest absolute Gasteiger partial charge is 0.337 e. The maximum atomic E-state index is 13.3. The van der Waals surface area contributed by atoms with E-state index in [1.807, 2.05) is 26.0 Å². The molecule has 1 aliphatic heterocycles. The van der Waals surface area contributed by atoms with Gasteiger partial charge in [-0.3, -0.25) is 19.7 Å². The number of nitrogens with one attached hydrogen (secondary N) is 2. The molecule has 12 heteroatoms. The van der Waals surface area contributed by atoms with Gasteiger partial charge in [-0.1, -0.05) is 23.7 Å². The van der Waals surface area contributed by atoms with Crippen LogP contribution < -0.4 is 25.0 Å². The minimum atomic E-state index is -0.950.